The summed E-state index contributed by atoms with van der Waals surface area (Å²) in [6.45, 7) is -0.0103. The van der Waals surface area contributed by atoms with Crippen LogP contribution in [-0.2, 0) is 14.4 Å². The first-order valence-corrected chi connectivity index (χ1v) is 8.71. The highest BCUT2D eigenvalue weighted by Gasteiger charge is 2.45. The van der Waals surface area contributed by atoms with Crippen LogP contribution < -0.4 is 0 Å². The lowest BCUT2D eigenvalue weighted by molar-refractivity contribution is -0.140. The second kappa shape index (κ2) is 8.04. The number of ketones is 1. The molecule has 2 aromatic carbocycles. The minimum Gasteiger partial charge on any atom is -0.507 e. The van der Waals surface area contributed by atoms with Gasteiger partial charge in [0.2, 0.25) is 0 Å². The minimum absolute atomic E-state index is 0.0103. The first-order chi connectivity index (χ1) is 13.4. The number of carboxylic acids is 1. The van der Waals surface area contributed by atoms with Crippen LogP contribution in [0.2, 0.25) is 0 Å². The largest absolute Gasteiger partial charge is 0.507 e. The Labute approximate surface area is 160 Å². The molecule has 2 N–H and O–H groups in total. The lowest BCUT2D eigenvalue weighted by Crippen LogP contribution is -2.31. The number of aliphatic hydroxyl groups excluding tert-OH is 1. The third kappa shape index (κ3) is 3.78. The maximum Gasteiger partial charge on any atom is 0.303 e. The minimum atomic E-state index is -1.02. The molecule has 0 bridgehead atoms. The summed E-state index contributed by atoms with van der Waals surface area (Å²) >= 11 is 0. The van der Waals surface area contributed by atoms with E-state index in [0.717, 1.165) is 0 Å². The number of halogens is 1. The molecule has 3 rings (SSSR count). The van der Waals surface area contributed by atoms with E-state index in [2.05, 4.69) is 0 Å². The van der Waals surface area contributed by atoms with Crippen molar-refractivity contribution in [2.45, 2.75) is 18.9 Å². The fourth-order valence-electron chi connectivity index (χ4n) is 3.29. The highest BCUT2D eigenvalue weighted by Crippen LogP contribution is 2.39. The van der Waals surface area contributed by atoms with E-state index in [1.165, 1.54) is 23.1 Å². The van der Waals surface area contributed by atoms with Gasteiger partial charge in [-0.1, -0.05) is 42.5 Å². The Hall–Kier alpha value is -3.48. The molecular weight excluding hydrogens is 365 g/mol. The second-order valence-electron chi connectivity index (χ2n) is 6.41. The van der Waals surface area contributed by atoms with Crippen LogP contribution in [0.15, 0.2) is 60.2 Å². The number of aliphatic hydroxyl groups is 1. The van der Waals surface area contributed by atoms with Gasteiger partial charge in [0.15, 0.2) is 0 Å². The Morgan fingerprint density at radius 1 is 1.04 bits per heavy atom. The number of nitrogens with zero attached hydrogens (tertiary/aromatic N) is 1. The number of carboxylic acid groups (broad SMARTS) is 1. The number of hydrogen-bond acceptors (Lipinski definition) is 4. The SMILES string of the molecule is O=C(O)CCCN1C(=O)C(=O)/C(=C(/O)c2ccccc2)C1c1cccc(F)c1. The number of carbonyl (C=O) groups is 3. The van der Waals surface area contributed by atoms with Gasteiger partial charge < -0.3 is 15.1 Å². The highest BCUT2D eigenvalue weighted by atomic mass is 19.1. The number of Topliss-reactive ketones (excluding diaryl/α,β-unsaturated/α-hetero) is 1. The van der Waals surface area contributed by atoms with Crippen LogP contribution in [0.4, 0.5) is 4.39 Å². The summed E-state index contributed by atoms with van der Waals surface area (Å²) in [5, 5.41) is 19.6. The number of amides is 1. The van der Waals surface area contributed by atoms with Gasteiger partial charge in [-0.3, -0.25) is 14.4 Å². The lowest BCUT2D eigenvalue weighted by Gasteiger charge is -2.25. The van der Waals surface area contributed by atoms with E-state index in [1.807, 2.05) is 0 Å². The normalized spacial score (nSPS) is 18.5. The van der Waals surface area contributed by atoms with Gasteiger partial charge in [0, 0.05) is 18.5 Å². The number of benzene rings is 2. The molecule has 1 heterocycles. The molecule has 1 atom stereocenters. The molecule has 1 unspecified atom stereocenters. The predicted octanol–water partition coefficient (Wildman–Crippen LogP) is 3.11. The number of carbonyl (C=O) groups excluding carboxylic acids is 2. The molecule has 0 aliphatic carbocycles. The van der Waals surface area contributed by atoms with Crippen LogP contribution in [0.1, 0.15) is 30.0 Å². The topological polar surface area (TPSA) is 94.9 Å². The van der Waals surface area contributed by atoms with Gasteiger partial charge in [-0.15, -0.1) is 0 Å². The van der Waals surface area contributed by atoms with Gasteiger partial charge in [-0.25, -0.2) is 4.39 Å². The fraction of sp³-hybridized carbons (Fsp3) is 0.190. The molecule has 1 aliphatic heterocycles. The van der Waals surface area contributed by atoms with E-state index in [9.17, 15) is 23.9 Å². The molecular formula is C21H18FNO5. The zero-order chi connectivity index (χ0) is 20.3. The molecule has 0 saturated carbocycles. The number of aliphatic carboxylic acids is 1. The molecule has 0 radical (unpaired) electrons. The van der Waals surface area contributed by atoms with E-state index >= 15 is 0 Å². The van der Waals surface area contributed by atoms with Gasteiger partial charge in [0.25, 0.3) is 11.7 Å². The molecule has 0 spiro atoms. The van der Waals surface area contributed by atoms with E-state index in [-0.39, 0.29) is 30.7 Å². The number of hydrogen-bond donors (Lipinski definition) is 2. The Balaban J connectivity index is 2.10. The Morgan fingerprint density at radius 3 is 2.39 bits per heavy atom. The van der Waals surface area contributed by atoms with Crippen LogP contribution in [0.25, 0.3) is 5.76 Å². The van der Waals surface area contributed by atoms with Crippen molar-refractivity contribution < 1.29 is 29.0 Å². The average Bonchev–Trinajstić information content (AvgIpc) is 2.93. The third-order valence-electron chi connectivity index (χ3n) is 4.54. The van der Waals surface area contributed by atoms with Crippen LogP contribution in [0.5, 0.6) is 0 Å². The van der Waals surface area contributed by atoms with E-state index < -0.39 is 29.5 Å². The molecule has 1 fully saturated rings. The lowest BCUT2D eigenvalue weighted by atomic mass is 9.95. The average molecular weight is 383 g/mol. The van der Waals surface area contributed by atoms with Crippen molar-refractivity contribution >= 4 is 23.4 Å². The van der Waals surface area contributed by atoms with Gasteiger partial charge in [0.05, 0.1) is 11.6 Å². The van der Waals surface area contributed by atoms with Crippen molar-refractivity contribution in [3.8, 4) is 0 Å². The van der Waals surface area contributed by atoms with Crippen molar-refractivity contribution in [1.29, 1.82) is 0 Å². The maximum absolute atomic E-state index is 13.8. The zero-order valence-electron chi connectivity index (χ0n) is 14.8. The Bertz CT molecular complexity index is 954. The summed E-state index contributed by atoms with van der Waals surface area (Å²) in [6, 6.07) is 12.7. The van der Waals surface area contributed by atoms with Crippen molar-refractivity contribution in [3.05, 3.63) is 77.1 Å². The van der Waals surface area contributed by atoms with Crippen molar-refractivity contribution in [2.75, 3.05) is 6.54 Å². The Kier molecular flexibility index (Phi) is 5.54. The van der Waals surface area contributed by atoms with Gasteiger partial charge >= 0.3 is 5.97 Å². The Morgan fingerprint density at radius 2 is 1.75 bits per heavy atom. The monoisotopic (exact) mass is 383 g/mol. The van der Waals surface area contributed by atoms with Crippen LogP contribution in [-0.4, -0.2) is 39.3 Å². The summed E-state index contributed by atoms with van der Waals surface area (Å²) < 4.78 is 13.8. The molecule has 1 amide bonds. The van der Waals surface area contributed by atoms with Crippen LogP contribution >= 0.6 is 0 Å². The third-order valence-corrected chi connectivity index (χ3v) is 4.54. The fourth-order valence-corrected chi connectivity index (χ4v) is 3.29. The summed E-state index contributed by atoms with van der Waals surface area (Å²) in [5.74, 6) is -3.66. The molecule has 0 aromatic heterocycles. The van der Waals surface area contributed by atoms with E-state index in [0.29, 0.717) is 11.1 Å². The van der Waals surface area contributed by atoms with Crippen molar-refractivity contribution in [3.63, 3.8) is 0 Å². The molecule has 1 saturated heterocycles. The van der Waals surface area contributed by atoms with Crippen molar-refractivity contribution in [2.24, 2.45) is 0 Å². The molecule has 2 aromatic rings. The van der Waals surface area contributed by atoms with Gasteiger partial charge in [-0.05, 0) is 24.1 Å². The quantitative estimate of drug-likeness (QED) is 0.454. The molecule has 144 valence electrons. The molecule has 28 heavy (non-hydrogen) atoms. The van der Waals surface area contributed by atoms with E-state index in [4.69, 9.17) is 5.11 Å². The maximum atomic E-state index is 13.8. The molecule has 1 aliphatic rings. The summed E-state index contributed by atoms with van der Waals surface area (Å²) in [4.78, 5) is 37.3. The molecule has 7 heteroatoms. The predicted molar refractivity (Wildman–Crippen MR) is 98.7 cm³/mol. The number of likely N-dealkylation sites (tertiary alicyclic amines) is 1. The number of rotatable bonds is 6. The summed E-state index contributed by atoms with van der Waals surface area (Å²) in [5.41, 5.74) is 0.538. The first kappa shape index (κ1) is 19.3. The van der Waals surface area contributed by atoms with Crippen LogP contribution in [0.3, 0.4) is 0 Å². The zero-order valence-corrected chi connectivity index (χ0v) is 14.8. The highest BCUT2D eigenvalue weighted by molar-refractivity contribution is 6.46. The van der Waals surface area contributed by atoms with Crippen molar-refractivity contribution in [1.82, 2.24) is 4.90 Å². The van der Waals surface area contributed by atoms with Crippen LogP contribution in [0, 0.1) is 5.82 Å². The van der Waals surface area contributed by atoms with E-state index in [1.54, 1.807) is 36.4 Å². The molecule has 6 nitrogen and oxygen atoms in total. The summed E-state index contributed by atoms with van der Waals surface area (Å²) in [6.07, 6.45) is -0.0584. The van der Waals surface area contributed by atoms with Gasteiger partial charge in [-0.2, -0.15) is 0 Å². The summed E-state index contributed by atoms with van der Waals surface area (Å²) in [7, 11) is 0. The standard InChI is InChI=1S/C21H18FNO5/c22-15-9-4-8-14(12-15)18-17(19(26)13-6-2-1-3-7-13)20(27)21(28)23(18)11-5-10-16(24)25/h1-4,6-9,12,18,26H,5,10-11H2,(H,24,25)/b19-17+. The second-order valence-corrected chi connectivity index (χ2v) is 6.41. The van der Waals surface area contributed by atoms with Gasteiger partial charge in [0.1, 0.15) is 11.6 Å². The smallest absolute Gasteiger partial charge is 0.303 e. The first-order valence-electron chi connectivity index (χ1n) is 8.71.